The number of aromatic nitrogens is 1. The number of nitrogens with zero attached hydrogens (tertiary/aromatic N) is 1. The minimum Gasteiger partial charge on any atom is -0.488 e. The van der Waals surface area contributed by atoms with E-state index < -0.39 is 0 Å². The van der Waals surface area contributed by atoms with E-state index in [1.807, 2.05) is 12.3 Å². The lowest BCUT2D eigenvalue weighted by Gasteiger charge is -2.34. The second kappa shape index (κ2) is 6.71. The summed E-state index contributed by atoms with van der Waals surface area (Å²) in [5.41, 5.74) is 1.13. The number of hydrogen-bond donors (Lipinski definition) is 1. The predicted molar refractivity (Wildman–Crippen MR) is 87.3 cm³/mol. The SMILES string of the molecule is CO[C@@H]1CC(C)CC[C@H]1Oc1ccc2c(ccn2CCO)c1. The Morgan fingerprint density at radius 3 is 2.86 bits per heavy atom. The number of hydrogen-bond acceptors (Lipinski definition) is 3. The predicted octanol–water partition coefficient (Wildman–Crippen LogP) is 3.22. The van der Waals surface area contributed by atoms with Gasteiger partial charge in [-0.25, -0.2) is 0 Å². The molecule has 3 atom stereocenters. The van der Waals surface area contributed by atoms with E-state index in [1.165, 1.54) is 6.42 Å². The first-order valence-electron chi connectivity index (χ1n) is 8.10. The highest BCUT2D eigenvalue weighted by Crippen LogP contribution is 2.30. The van der Waals surface area contributed by atoms with Crippen LogP contribution in [0.1, 0.15) is 26.2 Å². The van der Waals surface area contributed by atoms with Gasteiger partial charge in [0.15, 0.2) is 0 Å². The van der Waals surface area contributed by atoms with Crippen LogP contribution in [-0.4, -0.2) is 35.6 Å². The Morgan fingerprint density at radius 1 is 1.23 bits per heavy atom. The van der Waals surface area contributed by atoms with Crippen LogP contribution in [0.4, 0.5) is 0 Å². The highest BCUT2D eigenvalue weighted by Gasteiger charge is 2.30. The van der Waals surface area contributed by atoms with Crippen molar-refractivity contribution >= 4 is 10.9 Å². The lowest BCUT2D eigenvalue weighted by Crippen LogP contribution is -2.38. The number of aliphatic hydroxyl groups excluding tert-OH is 1. The van der Waals surface area contributed by atoms with Crippen molar-refractivity contribution in [1.29, 1.82) is 0 Å². The molecule has 1 aromatic heterocycles. The Balaban J connectivity index is 1.76. The summed E-state index contributed by atoms with van der Waals surface area (Å²) in [6, 6.07) is 8.22. The van der Waals surface area contributed by atoms with Gasteiger partial charge in [0, 0.05) is 30.8 Å². The zero-order valence-corrected chi connectivity index (χ0v) is 13.4. The van der Waals surface area contributed by atoms with Crippen LogP contribution in [0.2, 0.25) is 0 Å². The molecule has 2 aromatic rings. The molecule has 22 heavy (non-hydrogen) atoms. The quantitative estimate of drug-likeness (QED) is 0.922. The Kier molecular flexibility index (Phi) is 4.69. The molecular weight excluding hydrogens is 278 g/mol. The molecule has 0 aliphatic heterocycles. The van der Waals surface area contributed by atoms with Crippen molar-refractivity contribution in [2.24, 2.45) is 5.92 Å². The van der Waals surface area contributed by atoms with Crippen molar-refractivity contribution in [1.82, 2.24) is 4.57 Å². The zero-order valence-electron chi connectivity index (χ0n) is 13.4. The summed E-state index contributed by atoms with van der Waals surface area (Å²) in [7, 11) is 1.78. The molecule has 1 aliphatic rings. The largest absolute Gasteiger partial charge is 0.488 e. The van der Waals surface area contributed by atoms with E-state index in [0.29, 0.717) is 12.5 Å². The summed E-state index contributed by atoms with van der Waals surface area (Å²) < 4.78 is 13.9. The molecule has 0 saturated heterocycles. The molecule has 1 fully saturated rings. The molecule has 3 rings (SSSR count). The minimum atomic E-state index is 0.137. The fraction of sp³-hybridized carbons (Fsp3) is 0.556. The van der Waals surface area contributed by atoms with Crippen LogP contribution in [0.25, 0.3) is 10.9 Å². The summed E-state index contributed by atoms with van der Waals surface area (Å²) in [6.45, 7) is 3.05. The second-order valence-corrected chi connectivity index (χ2v) is 6.30. The minimum absolute atomic E-state index is 0.137. The van der Waals surface area contributed by atoms with Crippen LogP contribution in [0.3, 0.4) is 0 Å². The molecule has 120 valence electrons. The maximum absolute atomic E-state index is 9.09. The molecule has 1 unspecified atom stereocenters. The second-order valence-electron chi connectivity index (χ2n) is 6.30. The maximum atomic E-state index is 9.09. The first-order chi connectivity index (χ1) is 10.7. The van der Waals surface area contributed by atoms with Crippen LogP contribution in [0.5, 0.6) is 5.75 Å². The van der Waals surface area contributed by atoms with Crippen LogP contribution >= 0.6 is 0 Å². The van der Waals surface area contributed by atoms with Gasteiger partial charge in [-0.3, -0.25) is 0 Å². The summed E-state index contributed by atoms with van der Waals surface area (Å²) in [4.78, 5) is 0. The molecule has 1 saturated carbocycles. The first kappa shape index (κ1) is 15.4. The standard InChI is InChI=1S/C18H25NO3/c1-13-3-6-17(18(11-13)21-2)22-15-4-5-16-14(12-15)7-8-19(16)9-10-20/h4-5,7-8,12-13,17-18,20H,3,6,9-11H2,1-2H3/t13?,17-,18-/m1/s1. The maximum Gasteiger partial charge on any atom is 0.125 e. The van der Waals surface area contributed by atoms with Crippen molar-refractivity contribution in [2.75, 3.05) is 13.7 Å². The Labute approximate surface area is 131 Å². The van der Waals surface area contributed by atoms with Gasteiger partial charge in [-0.1, -0.05) is 6.92 Å². The first-order valence-corrected chi connectivity index (χ1v) is 8.10. The van der Waals surface area contributed by atoms with Crippen molar-refractivity contribution in [3.05, 3.63) is 30.5 Å². The highest BCUT2D eigenvalue weighted by atomic mass is 16.5. The van der Waals surface area contributed by atoms with Crippen LogP contribution in [0, 0.1) is 5.92 Å². The molecule has 1 N–H and O–H groups in total. The van der Waals surface area contributed by atoms with Gasteiger partial charge in [0.1, 0.15) is 11.9 Å². The molecule has 1 aromatic carbocycles. The van der Waals surface area contributed by atoms with Crippen LogP contribution < -0.4 is 4.74 Å². The van der Waals surface area contributed by atoms with Crippen LogP contribution in [0.15, 0.2) is 30.5 Å². The number of methoxy groups -OCH3 is 1. The molecular formula is C18H25NO3. The van der Waals surface area contributed by atoms with Gasteiger partial charge in [0.2, 0.25) is 0 Å². The van der Waals surface area contributed by atoms with E-state index in [1.54, 1.807) is 7.11 Å². The number of rotatable bonds is 5. The summed E-state index contributed by atoms with van der Waals surface area (Å²) in [6.07, 6.45) is 5.63. The summed E-state index contributed by atoms with van der Waals surface area (Å²) in [5, 5.41) is 10.2. The average molecular weight is 303 g/mol. The Hall–Kier alpha value is -1.52. The smallest absolute Gasteiger partial charge is 0.125 e. The zero-order chi connectivity index (χ0) is 15.5. The van der Waals surface area contributed by atoms with Crippen molar-refractivity contribution in [3.8, 4) is 5.75 Å². The third-order valence-electron chi connectivity index (χ3n) is 4.67. The number of ether oxygens (including phenoxy) is 2. The number of fused-ring (bicyclic) bond motifs is 1. The molecule has 1 heterocycles. The molecule has 0 spiro atoms. The van der Waals surface area contributed by atoms with Crippen molar-refractivity contribution in [3.63, 3.8) is 0 Å². The normalized spacial score (nSPS) is 25.5. The molecule has 4 nitrogen and oxygen atoms in total. The monoisotopic (exact) mass is 303 g/mol. The third-order valence-corrected chi connectivity index (χ3v) is 4.67. The van der Waals surface area contributed by atoms with E-state index in [0.717, 1.165) is 29.5 Å². The molecule has 4 heteroatoms. The summed E-state index contributed by atoms with van der Waals surface area (Å²) in [5.74, 6) is 1.61. The third kappa shape index (κ3) is 3.13. The molecule has 1 aliphatic carbocycles. The van der Waals surface area contributed by atoms with Gasteiger partial charge in [0.25, 0.3) is 0 Å². The molecule has 0 bridgehead atoms. The van der Waals surface area contributed by atoms with Crippen molar-refractivity contribution < 1.29 is 14.6 Å². The van der Waals surface area contributed by atoms with Gasteiger partial charge in [-0.05, 0) is 49.4 Å². The fourth-order valence-electron chi connectivity index (χ4n) is 3.41. The fourth-order valence-corrected chi connectivity index (χ4v) is 3.41. The van der Waals surface area contributed by atoms with Gasteiger partial charge >= 0.3 is 0 Å². The van der Waals surface area contributed by atoms with E-state index in [4.69, 9.17) is 14.6 Å². The summed E-state index contributed by atoms with van der Waals surface area (Å²) >= 11 is 0. The van der Waals surface area contributed by atoms with E-state index in [9.17, 15) is 0 Å². The topological polar surface area (TPSA) is 43.6 Å². The average Bonchev–Trinajstić information content (AvgIpc) is 2.92. The van der Waals surface area contributed by atoms with Gasteiger partial charge < -0.3 is 19.1 Å². The van der Waals surface area contributed by atoms with E-state index in [2.05, 4.69) is 29.7 Å². The number of aliphatic hydroxyl groups is 1. The van der Waals surface area contributed by atoms with E-state index in [-0.39, 0.29) is 18.8 Å². The molecule has 0 radical (unpaired) electrons. The van der Waals surface area contributed by atoms with Gasteiger partial charge in [-0.15, -0.1) is 0 Å². The van der Waals surface area contributed by atoms with E-state index >= 15 is 0 Å². The number of benzene rings is 1. The van der Waals surface area contributed by atoms with Gasteiger partial charge in [0.05, 0.1) is 12.7 Å². The van der Waals surface area contributed by atoms with Crippen molar-refractivity contribution in [2.45, 2.75) is 44.9 Å². The Bertz CT molecular complexity index is 622. The Morgan fingerprint density at radius 2 is 2.09 bits per heavy atom. The highest BCUT2D eigenvalue weighted by molar-refractivity contribution is 5.81. The van der Waals surface area contributed by atoms with Crippen LogP contribution in [-0.2, 0) is 11.3 Å². The lowest BCUT2D eigenvalue weighted by atomic mass is 9.86. The van der Waals surface area contributed by atoms with Gasteiger partial charge in [-0.2, -0.15) is 0 Å². The lowest BCUT2D eigenvalue weighted by molar-refractivity contribution is -0.0356. The molecule has 0 amide bonds.